The zero-order valence-electron chi connectivity index (χ0n) is 7.93. The first kappa shape index (κ1) is 10.4. The van der Waals surface area contributed by atoms with E-state index in [1.807, 2.05) is 6.08 Å². The maximum atomic E-state index is 11.1. The van der Waals surface area contributed by atoms with E-state index >= 15 is 0 Å². The molecule has 14 heavy (non-hydrogen) atoms. The molecule has 0 saturated carbocycles. The van der Waals surface area contributed by atoms with Gasteiger partial charge in [-0.2, -0.15) is 0 Å². The van der Waals surface area contributed by atoms with Crippen molar-refractivity contribution >= 4 is 12.0 Å². The van der Waals surface area contributed by atoms with Gasteiger partial charge in [-0.15, -0.1) is 0 Å². The number of carbonyl (C=O) groups is 1. The average molecular weight is 192 g/mol. The molecule has 1 aromatic heterocycles. The van der Waals surface area contributed by atoms with Crippen LogP contribution in [-0.2, 0) is 4.74 Å². The molecule has 74 valence electrons. The Morgan fingerprint density at radius 1 is 1.71 bits per heavy atom. The summed E-state index contributed by atoms with van der Waals surface area (Å²) in [6.45, 7) is 0.468. The predicted octanol–water partition coefficient (Wildman–Crippen LogP) is 0.840. The van der Waals surface area contributed by atoms with Crippen LogP contribution in [0.3, 0.4) is 0 Å². The summed E-state index contributed by atoms with van der Waals surface area (Å²) in [6.07, 6.45) is 5.19. The maximum absolute atomic E-state index is 11.1. The SMILES string of the molecule is COC(=O)c1cc(C=CCN)ccn1. The molecular weight excluding hydrogens is 180 g/mol. The summed E-state index contributed by atoms with van der Waals surface area (Å²) in [6, 6.07) is 3.44. The molecule has 1 rings (SSSR count). The van der Waals surface area contributed by atoms with Gasteiger partial charge in [-0.05, 0) is 17.7 Å². The molecule has 1 aromatic rings. The Morgan fingerprint density at radius 3 is 3.14 bits per heavy atom. The van der Waals surface area contributed by atoms with Gasteiger partial charge in [-0.25, -0.2) is 9.78 Å². The predicted molar refractivity (Wildman–Crippen MR) is 53.7 cm³/mol. The van der Waals surface area contributed by atoms with Crippen molar-refractivity contribution in [1.29, 1.82) is 0 Å². The fourth-order valence-corrected chi connectivity index (χ4v) is 0.971. The summed E-state index contributed by atoms with van der Waals surface area (Å²) in [5, 5.41) is 0. The summed E-state index contributed by atoms with van der Waals surface area (Å²) in [5.74, 6) is -0.437. The van der Waals surface area contributed by atoms with Crippen LogP contribution in [0, 0.1) is 0 Å². The third-order valence-electron chi connectivity index (χ3n) is 1.62. The fourth-order valence-electron chi connectivity index (χ4n) is 0.971. The monoisotopic (exact) mass is 192 g/mol. The third-order valence-corrected chi connectivity index (χ3v) is 1.62. The van der Waals surface area contributed by atoms with Crippen molar-refractivity contribution in [1.82, 2.24) is 4.98 Å². The van der Waals surface area contributed by atoms with Crippen LogP contribution in [-0.4, -0.2) is 24.6 Å². The van der Waals surface area contributed by atoms with Gasteiger partial charge in [-0.3, -0.25) is 0 Å². The number of hydrogen-bond acceptors (Lipinski definition) is 4. The Labute approximate surface area is 82.4 Å². The zero-order valence-corrected chi connectivity index (χ0v) is 7.93. The van der Waals surface area contributed by atoms with E-state index in [2.05, 4.69) is 9.72 Å². The molecule has 0 unspecified atom stereocenters. The normalized spacial score (nSPS) is 10.4. The van der Waals surface area contributed by atoms with Crippen LogP contribution in [0.5, 0.6) is 0 Å². The van der Waals surface area contributed by atoms with Gasteiger partial charge in [0.25, 0.3) is 0 Å². The largest absolute Gasteiger partial charge is 0.464 e. The number of nitrogens with two attached hydrogens (primary N) is 1. The van der Waals surface area contributed by atoms with E-state index < -0.39 is 5.97 Å². The molecule has 0 atom stereocenters. The van der Waals surface area contributed by atoms with E-state index in [0.717, 1.165) is 5.56 Å². The molecule has 0 aliphatic carbocycles. The number of nitrogens with zero attached hydrogens (tertiary/aromatic N) is 1. The quantitative estimate of drug-likeness (QED) is 0.721. The highest BCUT2D eigenvalue weighted by molar-refractivity contribution is 5.87. The number of methoxy groups -OCH3 is 1. The van der Waals surface area contributed by atoms with Crippen molar-refractivity contribution in [3.63, 3.8) is 0 Å². The molecule has 0 amide bonds. The first-order chi connectivity index (χ1) is 6.77. The van der Waals surface area contributed by atoms with Crippen LogP contribution < -0.4 is 5.73 Å². The van der Waals surface area contributed by atoms with Crippen LogP contribution in [0.2, 0.25) is 0 Å². The van der Waals surface area contributed by atoms with Crippen molar-refractivity contribution < 1.29 is 9.53 Å². The van der Waals surface area contributed by atoms with Crippen molar-refractivity contribution in [2.45, 2.75) is 0 Å². The van der Waals surface area contributed by atoms with Gasteiger partial charge in [0, 0.05) is 12.7 Å². The van der Waals surface area contributed by atoms with Crippen LogP contribution >= 0.6 is 0 Å². The Hall–Kier alpha value is -1.68. The smallest absolute Gasteiger partial charge is 0.356 e. The number of carbonyl (C=O) groups excluding carboxylic acids is 1. The minimum absolute atomic E-state index is 0.298. The van der Waals surface area contributed by atoms with E-state index in [9.17, 15) is 4.79 Å². The molecule has 4 heteroatoms. The number of hydrogen-bond donors (Lipinski definition) is 1. The van der Waals surface area contributed by atoms with Crippen molar-refractivity contribution in [3.05, 3.63) is 35.7 Å². The summed E-state index contributed by atoms with van der Waals surface area (Å²) in [5.41, 5.74) is 6.48. The number of ether oxygens (including phenoxy) is 1. The topological polar surface area (TPSA) is 65.2 Å². The van der Waals surface area contributed by atoms with Crippen LogP contribution in [0.15, 0.2) is 24.4 Å². The Kier molecular flexibility index (Phi) is 3.82. The number of rotatable bonds is 3. The second kappa shape index (κ2) is 5.14. The second-order valence-electron chi connectivity index (χ2n) is 2.60. The Balaban J connectivity index is 2.89. The van der Waals surface area contributed by atoms with E-state index in [4.69, 9.17) is 5.73 Å². The van der Waals surface area contributed by atoms with Gasteiger partial charge < -0.3 is 10.5 Å². The molecule has 0 fully saturated rings. The Bertz CT molecular complexity index is 348. The van der Waals surface area contributed by atoms with Gasteiger partial charge in [-0.1, -0.05) is 12.2 Å². The van der Waals surface area contributed by atoms with Crippen molar-refractivity contribution in [2.75, 3.05) is 13.7 Å². The van der Waals surface area contributed by atoms with Crippen LogP contribution in [0.4, 0.5) is 0 Å². The highest BCUT2D eigenvalue weighted by Gasteiger charge is 2.05. The van der Waals surface area contributed by atoms with Gasteiger partial charge in [0.2, 0.25) is 0 Å². The lowest BCUT2D eigenvalue weighted by atomic mass is 10.2. The Morgan fingerprint density at radius 2 is 2.50 bits per heavy atom. The third kappa shape index (κ3) is 2.67. The molecule has 0 aromatic carbocycles. The van der Waals surface area contributed by atoms with E-state index in [1.165, 1.54) is 7.11 Å². The highest BCUT2D eigenvalue weighted by Crippen LogP contribution is 2.04. The van der Waals surface area contributed by atoms with Gasteiger partial charge in [0.05, 0.1) is 7.11 Å². The first-order valence-corrected chi connectivity index (χ1v) is 4.19. The molecule has 0 radical (unpaired) electrons. The number of esters is 1. The molecule has 0 aliphatic rings. The van der Waals surface area contributed by atoms with E-state index in [1.54, 1.807) is 24.4 Å². The summed E-state index contributed by atoms with van der Waals surface area (Å²) in [7, 11) is 1.33. The maximum Gasteiger partial charge on any atom is 0.356 e. The number of pyridine rings is 1. The molecule has 0 saturated heterocycles. The summed E-state index contributed by atoms with van der Waals surface area (Å²) in [4.78, 5) is 15.0. The summed E-state index contributed by atoms with van der Waals surface area (Å²) >= 11 is 0. The van der Waals surface area contributed by atoms with Gasteiger partial charge in [0.15, 0.2) is 0 Å². The van der Waals surface area contributed by atoms with Gasteiger partial charge in [0.1, 0.15) is 5.69 Å². The minimum Gasteiger partial charge on any atom is -0.464 e. The zero-order chi connectivity index (χ0) is 10.4. The molecule has 1 heterocycles. The molecular formula is C10H12N2O2. The first-order valence-electron chi connectivity index (χ1n) is 4.19. The molecule has 0 aliphatic heterocycles. The van der Waals surface area contributed by atoms with E-state index in [0.29, 0.717) is 12.2 Å². The fraction of sp³-hybridized carbons (Fsp3) is 0.200. The standard InChI is InChI=1S/C10H12N2O2/c1-14-10(13)9-7-8(3-2-5-11)4-6-12-9/h2-4,6-7H,5,11H2,1H3. The lowest BCUT2D eigenvalue weighted by Crippen LogP contribution is -2.03. The molecule has 2 N–H and O–H groups in total. The lowest BCUT2D eigenvalue weighted by molar-refractivity contribution is 0.0594. The van der Waals surface area contributed by atoms with Crippen LogP contribution in [0.1, 0.15) is 16.1 Å². The molecule has 0 bridgehead atoms. The lowest BCUT2D eigenvalue weighted by Gasteiger charge is -1.98. The van der Waals surface area contributed by atoms with Crippen molar-refractivity contribution in [2.24, 2.45) is 5.73 Å². The van der Waals surface area contributed by atoms with Crippen molar-refractivity contribution in [3.8, 4) is 0 Å². The average Bonchev–Trinajstić information content (AvgIpc) is 2.25. The van der Waals surface area contributed by atoms with E-state index in [-0.39, 0.29) is 0 Å². The highest BCUT2D eigenvalue weighted by atomic mass is 16.5. The van der Waals surface area contributed by atoms with Gasteiger partial charge >= 0.3 is 5.97 Å². The number of aromatic nitrogens is 1. The summed E-state index contributed by atoms with van der Waals surface area (Å²) < 4.78 is 4.55. The second-order valence-corrected chi connectivity index (χ2v) is 2.60. The van der Waals surface area contributed by atoms with Crippen LogP contribution in [0.25, 0.3) is 6.08 Å². The minimum atomic E-state index is -0.437. The molecule has 4 nitrogen and oxygen atoms in total. The molecule has 0 spiro atoms.